The second kappa shape index (κ2) is 3.90. The molecule has 0 saturated carbocycles. The molecular weight excluding hydrogens is 206 g/mol. The lowest BCUT2D eigenvalue weighted by Gasteiger charge is -2.45. The van der Waals surface area contributed by atoms with Gasteiger partial charge in [-0.2, -0.15) is 0 Å². The molecule has 1 aliphatic heterocycles. The molecule has 4 heteroatoms. The summed E-state index contributed by atoms with van der Waals surface area (Å²) in [5.41, 5.74) is 0. The molecule has 0 aliphatic carbocycles. The van der Waals surface area contributed by atoms with E-state index in [4.69, 9.17) is 4.43 Å². The van der Waals surface area contributed by atoms with Crippen LogP contribution in [-0.2, 0) is 9.22 Å². The standard InChI is InChI=1S/C11H23NO2Si/c1-7-12-8-9(10(12)13)14-15(5,6)11(2,3)4/h9H,7-8H2,1-6H3/t9-/m1/s1. The van der Waals surface area contributed by atoms with E-state index in [1.165, 1.54) is 0 Å². The molecule has 0 radical (unpaired) electrons. The summed E-state index contributed by atoms with van der Waals surface area (Å²) in [7, 11) is -1.77. The number of β-lactam (4-membered cyclic amide) rings is 1. The van der Waals surface area contributed by atoms with Crippen molar-refractivity contribution in [2.75, 3.05) is 13.1 Å². The van der Waals surface area contributed by atoms with Crippen LogP contribution < -0.4 is 0 Å². The minimum atomic E-state index is -1.77. The number of likely N-dealkylation sites (N-methyl/N-ethyl adjacent to an activating group) is 1. The normalized spacial score (nSPS) is 22.9. The Balaban J connectivity index is 2.54. The number of hydrogen-bond donors (Lipinski definition) is 0. The van der Waals surface area contributed by atoms with E-state index >= 15 is 0 Å². The molecule has 0 aromatic heterocycles. The minimum absolute atomic E-state index is 0.161. The van der Waals surface area contributed by atoms with Crippen LogP contribution in [0.5, 0.6) is 0 Å². The minimum Gasteiger partial charge on any atom is -0.404 e. The summed E-state index contributed by atoms with van der Waals surface area (Å²) >= 11 is 0. The maximum absolute atomic E-state index is 11.6. The van der Waals surface area contributed by atoms with Gasteiger partial charge in [-0.05, 0) is 25.1 Å². The SMILES string of the molecule is CCN1C[C@@H](O[Si](C)(C)C(C)(C)C)C1=O. The number of amides is 1. The molecule has 1 atom stereocenters. The lowest BCUT2D eigenvalue weighted by molar-refractivity contribution is -0.153. The van der Waals surface area contributed by atoms with Gasteiger partial charge in [0.1, 0.15) is 6.10 Å². The molecule has 1 aliphatic rings. The molecular formula is C11H23NO2Si. The number of rotatable bonds is 3. The quantitative estimate of drug-likeness (QED) is 0.549. The highest BCUT2D eigenvalue weighted by Gasteiger charge is 2.45. The van der Waals surface area contributed by atoms with E-state index in [-0.39, 0.29) is 17.0 Å². The number of hydrogen-bond acceptors (Lipinski definition) is 2. The van der Waals surface area contributed by atoms with Gasteiger partial charge in [0.2, 0.25) is 0 Å². The van der Waals surface area contributed by atoms with E-state index in [0.29, 0.717) is 0 Å². The molecule has 15 heavy (non-hydrogen) atoms. The maximum atomic E-state index is 11.6. The number of carbonyl (C=O) groups is 1. The van der Waals surface area contributed by atoms with Crippen LogP contribution in [0.25, 0.3) is 0 Å². The van der Waals surface area contributed by atoms with E-state index in [0.717, 1.165) is 13.1 Å². The van der Waals surface area contributed by atoms with Gasteiger partial charge in [-0.3, -0.25) is 4.79 Å². The molecule has 3 nitrogen and oxygen atoms in total. The molecule has 1 saturated heterocycles. The maximum Gasteiger partial charge on any atom is 0.252 e. The van der Waals surface area contributed by atoms with E-state index in [1.807, 2.05) is 11.8 Å². The number of likely N-dealkylation sites (tertiary alicyclic amines) is 1. The molecule has 1 rings (SSSR count). The van der Waals surface area contributed by atoms with Crippen LogP contribution in [-0.4, -0.2) is 38.3 Å². The Morgan fingerprint density at radius 3 is 2.33 bits per heavy atom. The van der Waals surface area contributed by atoms with Gasteiger partial charge in [-0.25, -0.2) is 0 Å². The third-order valence-electron chi connectivity index (χ3n) is 3.60. The largest absolute Gasteiger partial charge is 0.404 e. The van der Waals surface area contributed by atoms with Gasteiger partial charge in [0.25, 0.3) is 5.91 Å². The Kier molecular flexibility index (Phi) is 3.31. The molecule has 0 aromatic carbocycles. The molecule has 88 valence electrons. The monoisotopic (exact) mass is 229 g/mol. The smallest absolute Gasteiger partial charge is 0.252 e. The van der Waals surface area contributed by atoms with Crippen molar-refractivity contribution in [2.45, 2.75) is 51.9 Å². The first kappa shape index (κ1) is 12.7. The van der Waals surface area contributed by atoms with Crippen LogP contribution in [0, 0.1) is 0 Å². The molecule has 1 amide bonds. The Morgan fingerprint density at radius 1 is 1.47 bits per heavy atom. The van der Waals surface area contributed by atoms with E-state index < -0.39 is 8.32 Å². The predicted molar refractivity (Wildman–Crippen MR) is 64.3 cm³/mol. The zero-order chi connectivity index (χ0) is 11.9. The van der Waals surface area contributed by atoms with E-state index in [2.05, 4.69) is 33.9 Å². The van der Waals surface area contributed by atoms with Crippen molar-refractivity contribution in [1.29, 1.82) is 0 Å². The fourth-order valence-electron chi connectivity index (χ4n) is 1.36. The Labute approximate surface area is 93.9 Å². The molecule has 0 unspecified atom stereocenters. The summed E-state index contributed by atoms with van der Waals surface area (Å²) in [4.78, 5) is 13.5. The summed E-state index contributed by atoms with van der Waals surface area (Å²) in [5.74, 6) is 0.169. The van der Waals surface area contributed by atoms with Crippen molar-refractivity contribution in [3.05, 3.63) is 0 Å². The summed E-state index contributed by atoms with van der Waals surface area (Å²) in [5, 5.41) is 0.180. The molecule has 1 fully saturated rings. The van der Waals surface area contributed by atoms with Crippen LogP contribution >= 0.6 is 0 Å². The third kappa shape index (κ3) is 2.42. The van der Waals surface area contributed by atoms with Gasteiger partial charge in [0.15, 0.2) is 8.32 Å². The van der Waals surface area contributed by atoms with Crippen molar-refractivity contribution >= 4 is 14.2 Å². The van der Waals surface area contributed by atoms with Gasteiger partial charge in [-0.1, -0.05) is 20.8 Å². The molecule has 0 spiro atoms. The average molecular weight is 229 g/mol. The fourth-order valence-corrected chi connectivity index (χ4v) is 2.60. The predicted octanol–water partition coefficient (Wildman–Crippen LogP) is 2.24. The van der Waals surface area contributed by atoms with Crippen molar-refractivity contribution < 1.29 is 9.22 Å². The highest BCUT2D eigenvalue weighted by molar-refractivity contribution is 6.74. The lowest BCUT2D eigenvalue weighted by atomic mass is 10.1. The lowest BCUT2D eigenvalue weighted by Crippen LogP contribution is -2.61. The van der Waals surface area contributed by atoms with Gasteiger partial charge in [-0.15, -0.1) is 0 Å². The van der Waals surface area contributed by atoms with Crippen molar-refractivity contribution in [1.82, 2.24) is 4.90 Å². The Morgan fingerprint density at radius 2 is 2.00 bits per heavy atom. The highest BCUT2D eigenvalue weighted by Crippen LogP contribution is 2.38. The molecule has 0 bridgehead atoms. The second-order valence-electron chi connectivity index (χ2n) is 5.74. The van der Waals surface area contributed by atoms with E-state index in [1.54, 1.807) is 0 Å². The van der Waals surface area contributed by atoms with Crippen LogP contribution in [0.1, 0.15) is 27.7 Å². The van der Waals surface area contributed by atoms with Crippen molar-refractivity contribution in [3.63, 3.8) is 0 Å². The Hall–Kier alpha value is -0.353. The first-order valence-corrected chi connectivity index (χ1v) is 8.56. The number of nitrogens with zero attached hydrogens (tertiary/aromatic N) is 1. The first-order valence-electron chi connectivity index (χ1n) is 5.65. The van der Waals surface area contributed by atoms with Crippen LogP contribution in [0.3, 0.4) is 0 Å². The number of carbonyl (C=O) groups excluding carboxylic acids is 1. The molecule has 0 aromatic rings. The third-order valence-corrected chi connectivity index (χ3v) is 8.08. The van der Waals surface area contributed by atoms with Crippen molar-refractivity contribution in [3.8, 4) is 0 Å². The fraction of sp³-hybridized carbons (Fsp3) is 0.909. The molecule has 1 heterocycles. The summed E-state index contributed by atoms with van der Waals surface area (Å²) in [6.45, 7) is 14.5. The summed E-state index contributed by atoms with van der Waals surface area (Å²) in [6, 6.07) is 0. The van der Waals surface area contributed by atoms with Crippen LogP contribution in [0.15, 0.2) is 0 Å². The summed E-state index contributed by atoms with van der Waals surface area (Å²) in [6.07, 6.45) is -0.161. The zero-order valence-electron chi connectivity index (χ0n) is 10.8. The zero-order valence-corrected chi connectivity index (χ0v) is 11.8. The molecule has 0 N–H and O–H groups in total. The van der Waals surface area contributed by atoms with Gasteiger partial charge in [0, 0.05) is 6.54 Å². The highest BCUT2D eigenvalue weighted by atomic mass is 28.4. The topological polar surface area (TPSA) is 29.5 Å². The van der Waals surface area contributed by atoms with Gasteiger partial charge in [0.05, 0.1) is 6.54 Å². The van der Waals surface area contributed by atoms with Crippen LogP contribution in [0.2, 0.25) is 18.1 Å². The Bertz CT molecular complexity index is 258. The van der Waals surface area contributed by atoms with Gasteiger partial charge >= 0.3 is 0 Å². The second-order valence-corrected chi connectivity index (χ2v) is 10.5. The van der Waals surface area contributed by atoms with Gasteiger partial charge < -0.3 is 9.33 Å². The summed E-state index contributed by atoms with van der Waals surface area (Å²) < 4.78 is 6.03. The van der Waals surface area contributed by atoms with E-state index in [9.17, 15) is 4.79 Å². The average Bonchev–Trinajstić information content (AvgIpc) is 2.09. The van der Waals surface area contributed by atoms with Crippen LogP contribution in [0.4, 0.5) is 0 Å². The van der Waals surface area contributed by atoms with Crippen molar-refractivity contribution in [2.24, 2.45) is 0 Å². The first-order chi connectivity index (χ1) is 6.69.